The number of hydrogen-bond acceptors (Lipinski definition) is 2. The second-order valence-electron chi connectivity index (χ2n) is 5.85. The van der Waals surface area contributed by atoms with Crippen molar-refractivity contribution in [3.8, 4) is 0 Å². The molecule has 2 atom stereocenters. The van der Waals surface area contributed by atoms with Crippen molar-refractivity contribution in [2.45, 2.75) is 32.4 Å². The van der Waals surface area contributed by atoms with Gasteiger partial charge in [0.05, 0.1) is 5.92 Å². The van der Waals surface area contributed by atoms with E-state index in [2.05, 4.69) is 47.9 Å². The van der Waals surface area contributed by atoms with Gasteiger partial charge in [-0.05, 0) is 42.6 Å². The summed E-state index contributed by atoms with van der Waals surface area (Å²) < 4.78 is 0. The topological polar surface area (TPSA) is 41.1 Å². The zero-order valence-corrected chi connectivity index (χ0v) is 12.4. The summed E-state index contributed by atoms with van der Waals surface area (Å²) in [5.74, 6) is 0.261. The standard InChI is InChI=1S/C18H22N2O/c1-13-16(10-5-11-19-13)18(21)20-12-15-8-4-7-14-6-2-3-9-17(14)15/h2-4,6-9,13,16,19H,5,10-12H2,1H3,(H,20,21). The number of rotatable bonds is 3. The highest BCUT2D eigenvalue weighted by atomic mass is 16.1. The quantitative estimate of drug-likeness (QED) is 0.909. The molecule has 0 spiro atoms. The van der Waals surface area contributed by atoms with Crippen molar-refractivity contribution in [1.82, 2.24) is 10.6 Å². The van der Waals surface area contributed by atoms with Gasteiger partial charge in [0.2, 0.25) is 5.91 Å². The molecule has 2 aromatic carbocycles. The number of amides is 1. The van der Waals surface area contributed by atoms with E-state index in [1.807, 2.05) is 12.1 Å². The number of nitrogens with one attached hydrogen (secondary N) is 2. The molecule has 1 saturated heterocycles. The molecule has 2 aromatic rings. The van der Waals surface area contributed by atoms with Gasteiger partial charge in [-0.15, -0.1) is 0 Å². The first kappa shape index (κ1) is 14.1. The van der Waals surface area contributed by atoms with Crippen LogP contribution in [0.25, 0.3) is 10.8 Å². The van der Waals surface area contributed by atoms with Gasteiger partial charge in [0.25, 0.3) is 0 Å². The van der Waals surface area contributed by atoms with Crippen molar-refractivity contribution >= 4 is 16.7 Å². The predicted octanol–water partition coefficient (Wildman–Crippen LogP) is 2.84. The monoisotopic (exact) mass is 282 g/mol. The fourth-order valence-electron chi connectivity index (χ4n) is 3.16. The van der Waals surface area contributed by atoms with Crippen molar-refractivity contribution in [1.29, 1.82) is 0 Å². The van der Waals surface area contributed by atoms with Crippen molar-refractivity contribution in [2.24, 2.45) is 5.92 Å². The Balaban J connectivity index is 1.70. The largest absolute Gasteiger partial charge is 0.352 e. The van der Waals surface area contributed by atoms with Crippen molar-refractivity contribution in [3.63, 3.8) is 0 Å². The Hall–Kier alpha value is -1.87. The Morgan fingerprint density at radius 3 is 2.90 bits per heavy atom. The van der Waals surface area contributed by atoms with E-state index < -0.39 is 0 Å². The summed E-state index contributed by atoms with van der Waals surface area (Å²) in [4.78, 5) is 12.4. The van der Waals surface area contributed by atoms with Gasteiger partial charge < -0.3 is 10.6 Å². The Kier molecular flexibility index (Phi) is 4.20. The van der Waals surface area contributed by atoms with Crippen LogP contribution in [0.5, 0.6) is 0 Å². The fourth-order valence-corrected chi connectivity index (χ4v) is 3.16. The van der Waals surface area contributed by atoms with Crippen LogP contribution in [-0.2, 0) is 11.3 Å². The van der Waals surface area contributed by atoms with Crippen LogP contribution < -0.4 is 10.6 Å². The maximum Gasteiger partial charge on any atom is 0.224 e. The van der Waals surface area contributed by atoms with Gasteiger partial charge in [0.1, 0.15) is 0 Å². The Morgan fingerprint density at radius 1 is 1.24 bits per heavy atom. The second kappa shape index (κ2) is 6.27. The second-order valence-corrected chi connectivity index (χ2v) is 5.85. The highest BCUT2D eigenvalue weighted by Crippen LogP contribution is 2.19. The van der Waals surface area contributed by atoms with E-state index in [4.69, 9.17) is 0 Å². The van der Waals surface area contributed by atoms with Crippen molar-refractivity contribution in [2.75, 3.05) is 6.54 Å². The molecule has 1 fully saturated rings. The first-order valence-electron chi connectivity index (χ1n) is 7.73. The summed E-state index contributed by atoms with van der Waals surface area (Å²) in [6.45, 7) is 3.72. The van der Waals surface area contributed by atoms with E-state index in [-0.39, 0.29) is 17.9 Å². The number of carbonyl (C=O) groups is 1. The number of carbonyl (C=O) groups excluding carboxylic acids is 1. The van der Waals surface area contributed by atoms with E-state index in [0.29, 0.717) is 6.54 Å². The lowest BCUT2D eigenvalue weighted by molar-refractivity contribution is -0.126. The first-order chi connectivity index (χ1) is 10.3. The van der Waals surface area contributed by atoms with Crippen LogP contribution >= 0.6 is 0 Å². The van der Waals surface area contributed by atoms with Crippen LogP contribution in [0.15, 0.2) is 42.5 Å². The molecule has 1 heterocycles. The summed E-state index contributed by atoms with van der Waals surface area (Å²) in [5.41, 5.74) is 1.18. The molecule has 110 valence electrons. The third-order valence-electron chi connectivity index (χ3n) is 4.43. The average Bonchev–Trinajstić information content (AvgIpc) is 2.53. The third-order valence-corrected chi connectivity index (χ3v) is 4.43. The zero-order valence-electron chi connectivity index (χ0n) is 12.4. The van der Waals surface area contributed by atoms with Crippen molar-refractivity contribution < 1.29 is 4.79 Å². The molecule has 0 radical (unpaired) electrons. The van der Waals surface area contributed by atoms with Crippen LogP contribution in [0.1, 0.15) is 25.3 Å². The van der Waals surface area contributed by atoms with Gasteiger partial charge in [-0.25, -0.2) is 0 Å². The summed E-state index contributed by atoms with van der Waals surface area (Å²) in [7, 11) is 0. The lowest BCUT2D eigenvalue weighted by Crippen LogP contribution is -2.46. The smallest absolute Gasteiger partial charge is 0.224 e. The van der Waals surface area contributed by atoms with Gasteiger partial charge in [-0.2, -0.15) is 0 Å². The molecule has 21 heavy (non-hydrogen) atoms. The van der Waals surface area contributed by atoms with E-state index >= 15 is 0 Å². The molecule has 0 saturated carbocycles. The minimum Gasteiger partial charge on any atom is -0.352 e. The molecule has 2 unspecified atom stereocenters. The molecule has 2 N–H and O–H groups in total. The van der Waals surface area contributed by atoms with Crippen LogP contribution in [0.4, 0.5) is 0 Å². The highest BCUT2D eigenvalue weighted by molar-refractivity contribution is 5.86. The minimum atomic E-state index is 0.0914. The van der Waals surface area contributed by atoms with Crippen LogP contribution in [0.3, 0.4) is 0 Å². The summed E-state index contributed by atoms with van der Waals surface area (Å²) >= 11 is 0. The van der Waals surface area contributed by atoms with E-state index in [9.17, 15) is 4.79 Å². The summed E-state index contributed by atoms with van der Waals surface area (Å²) in [6.07, 6.45) is 2.06. The van der Waals surface area contributed by atoms with Crippen LogP contribution in [0.2, 0.25) is 0 Å². The van der Waals surface area contributed by atoms with Gasteiger partial charge >= 0.3 is 0 Å². The van der Waals surface area contributed by atoms with Gasteiger partial charge in [-0.1, -0.05) is 42.5 Å². The maximum absolute atomic E-state index is 12.4. The average molecular weight is 282 g/mol. The molecule has 0 aliphatic carbocycles. The van der Waals surface area contributed by atoms with Gasteiger partial charge in [0, 0.05) is 12.6 Å². The Labute approximate surface area is 125 Å². The van der Waals surface area contributed by atoms with Crippen molar-refractivity contribution in [3.05, 3.63) is 48.0 Å². The summed E-state index contributed by atoms with van der Waals surface area (Å²) in [5, 5.41) is 8.93. The zero-order chi connectivity index (χ0) is 14.7. The number of benzene rings is 2. The van der Waals surface area contributed by atoms with Gasteiger partial charge in [0.15, 0.2) is 0 Å². The molecular weight excluding hydrogens is 260 g/mol. The van der Waals surface area contributed by atoms with E-state index in [1.54, 1.807) is 0 Å². The molecule has 0 aromatic heterocycles. The van der Waals surface area contributed by atoms with E-state index in [0.717, 1.165) is 19.4 Å². The SMILES string of the molecule is CC1NCCCC1C(=O)NCc1cccc2ccccc12. The van der Waals surface area contributed by atoms with Crippen LogP contribution in [-0.4, -0.2) is 18.5 Å². The number of piperidine rings is 1. The predicted molar refractivity (Wildman–Crippen MR) is 86.0 cm³/mol. The number of fused-ring (bicyclic) bond motifs is 1. The molecule has 3 nitrogen and oxygen atoms in total. The highest BCUT2D eigenvalue weighted by Gasteiger charge is 2.27. The maximum atomic E-state index is 12.4. The molecule has 3 rings (SSSR count). The third kappa shape index (κ3) is 3.08. The summed E-state index contributed by atoms with van der Waals surface area (Å²) in [6, 6.07) is 14.8. The lowest BCUT2D eigenvalue weighted by Gasteiger charge is -2.28. The normalized spacial score (nSPS) is 22.1. The lowest BCUT2D eigenvalue weighted by atomic mass is 9.91. The Morgan fingerprint density at radius 2 is 2.05 bits per heavy atom. The molecule has 1 aliphatic rings. The van der Waals surface area contributed by atoms with Gasteiger partial charge in [-0.3, -0.25) is 4.79 Å². The first-order valence-corrected chi connectivity index (χ1v) is 7.73. The fraction of sp³-hybridized carbons (Fsp3) is 0.389. The number of hydrogen-bond donors (Lipinski definition) is 2. The minimum absolute atomic E-state index is 0.0914. The Bertz CT molecular complexity index is 633. The van der Waals surface area contributed by atoms with E-state index in [1.165, 1.54) is 16.3 Å². The molecule has 1 amide bonds. The molecular formula is C18H22N2O. The van der Waals surface area contributed by atoms with Crippen LogP contribution in [0, 0.1) is 5.92 Å². The molecule has 3 heteroatoms. The molecule has 0 bridgehead atoms. The molecule has 1 aliphatic heterocycles.